The van der Waals surface area contributed by atoms with Gasteiger partial charge in [-0.2, -0.15) is 0 Å². The quantitative estimate of drug-likeness (QED) is 0.778. The number of fused-ring (bicyclic) bond motifs is 1. The maximum absolute atomic E-state index is 13.0. The van der Waals surface area contributed by atoms with Crippen LogP contribution in [0, 0.1) is 0 Å². The summed E-state index contributed by atoms with van der Waals surface area (Å²) in [6.07, 6.45) is 0.979. The van der Waals surface area contributed by atoms with Crippen molar-refractivity contribution in [2.45, 2.75) is 26.3 Å². The molecule has 0 bridgehead atoms. The Morgan fingerprint density at radius 1 is 1.00 bits per heavy atom. The Morgan fingerprint density at radius 2 is 1.64 bits per heavy atom. The van der Waals surface area contributed by atoms with E-state index in [2.05, 4.69) is 5.32 Å². The highest BCUT2D eigenvalue weighted by molar-refractivity contribution is 5.90. The van der Waals surface area contributed by atoms with Crippen molar-refractivity contribution in [1.82, 2.24) is 9.88 Å². The Balaban J connectivity index is 2.33. The van der Waals surface area contributed by atoms with Crippen LogP contribution in [0.25, 0.3) is 22.0 Å². The number of hydrogen-bond acceptors (Lipinski definition) is 2. The predicted molar refractivity (Wildman–Crippen MR) is 102 cm³/mol. The molecule has 0 atom stereocenters. The number of nitrogens with zero attached hydrogens (tertiary/aromatic N) is 1. The van der Waals surface area contributed by atoms with Crippen molar-refractivity contribution in [2.24, 2.45) is 0 Å². The van der Waals surface area contributed by atoms with Crippen LogP contribution in [-0.2, 0) is 17.8 Å². The summed E-state index contributed by atoms with van der Waals surface area (Å²) in [5.74, 6) is -0.00246. The number of carbonyl (C=O) groups excluding carboxylic acids is 1. The van der Waals surface area contributed by atoms with E-state index in [1.807, 2.05) is 66.1 Å². The van der Waals surface area contributed by atoms with Gasteiger partial charge in [-0.1, -0.05) is 48.5 Å². The standard InChI is InChI=1S/C21H22N2O2/c1-3-23-20(15-9-5-4-6-10-15)17(13-14-19(24)22-2)16-11-7-8-12-18(16)21(23)25/h4-12H,3,13-14H2,1-2H3,(H,22,24). The third-order valence-corrected chi connectivity index (χ3v) is 4.53. The summed E-state index contributed by atoms with van der Waals surface area (Å²) in [6.45, 7) is 2.56. The van der Waals surface area contributed by atoms with Gasteiger partial charge in [-0.25, -0.2) is 0 Å². The van der Waals surface area contributed by atoms with Crippen LogP contribution in [0.3, 0.4) is 0 Å². The number of aryl methyl sites for hydroxylation is 1. The summed E-state index contributed by atoms with van der Waals surface area (Å²) < 4.78 is 1.82. The van der Waals surface area contributed by atoms with Crippen molar-refractivity contribution >= 4 is 16.7 Å². The molecular weight excluding hydrogens is 312 g/mol. The van der Waals surface area contributed by atoms with E-state index in [9.17, 15) is 9.59 Å². The highest BCUT2D eigenvalue weighted by Gasteiger charge is 2.17. The second kappa shape index (κ2) is 7.34. The van der Waals surface area contributed by atoms with E-state index in [0.717, 1.165) is 22.2 Å². The van der Waals surface area contributed by atoms with Gasteiger partial charge < -0.3 is 9.88 Å². The van der Waals surface area contributed by atoms with Crippen LogP contribution in [0.5, 0.6) is 0 Å². The first-order chi connectivity index (χ1) is 12.2. The molecule has 1 N–H and O–H groups in total. The molecule has 0 saturated carbocycles. The topological polar surface area (TPSA) is 51.1 Å². The molecule has 4 heteroatoms. The minimum atomic E-state index is -0.00246. The maximum atomic E-state index is 13.0. The van der Waals surface area contributed by atoms with Crippen molar-refractivity contribution < 1.29 is 4.79 Å². The van der Waals surface area contributed by atoms with E-state index >= 15 is 0 Å². The number of rotatable bonds is 5. The minimum absolute atomic E-state index is 0.00246. The van der Waals surface area contributed by atoms with Crippen molar-refractivity contribution in [3.63, 3.8) is 0 Å². The van der Waals surface area contributed by atoms with Gasteiger partial charge in [0.25, 0.3) is 5.56 Å². The third kappa shape index (κ3) is 3.20. The lowest BCUT2D eigenvalue weighted by Gasteiger charge is -2.19. The summed E-state index contributed by atoms with van der Waals surface area (Å²) in [6, 6.07) is 17.6. The second-order valence-electron chi connectivity index (χ2n) is 5.96. The van der Waals surface area contributed by atoms with Gasteiger partial charge in [-0.05, 0) is 35.9 Å². The van der Waals surface area contributed by atoms with Gasteiger partial charge in [0.15, 0.2) is 0 Å². The second-order valence-corrected chi connectivity index (χ2v) is 5.96. The number of pyridine rings is 1. The lowest BCUT2D eigenvalue weighted by atomic mass is 9.95. The lowest BCUT2D eigenvalue weighted by Crippen LogP contribution is -2.24. The zero-order valence-electron chi connectivity index (χ0n) is 14.6. The molecule has 1 heterocycles. The zero-order chi connectivity index (χ0) is 17.8. The number of benzene rings is 2. The minimum Gasteiger partial charge on any atom is -0.359 e. The van der Waals surface area contributed by atoms with Gasteiger partial charge in [-0.3, -0.25) is 9.59 Å². The fourth-order valence-electron chi connectivity index (χ4n) is 3.31. The van der Waals surface area contributed by atoms with Crippen molar-refractivity contribution in [2.75, 3.05) is 7.05 Å². The Kier molecular flexibility index (Phi) is 4.98. The number of aromatic nitrogens is 1. The van der Waals surface area contributed by atoms with E-state index in [0.29, 0.717) is 24.8 Å². The molecule has 0 unspecified atom stereocenters. The Labute approximate surface area is 147 Å². The molecule has 128 valence electrons. The number of carbonyl (C=O) groups is 1. The molecule has 0 aliphatic heterocycles. The molecule has 1 amide bonds. The summed E-state index contributed by atoms with van der Waals surface area (Å²) >= 11 is 0. The molecule has 0 radical (unpaired) electrons. The summed E-state index contributed by atoms with van der Waals surface area (Å²) in [5.41, 5.74) is 2.97. The fraction of sp³-hybridized carbons (Fsp3) is 0.238. The largest absolute Gasteiger partial charge is 0.359 e. The van der Waals surface area contributed by atoms with Gasteiger partial charge in [0.2, 0.25) is 5.91 Å². The molecule has 3 aromatic rings. The summed E-state index contributed by atoms with van der Waals surface area (Å²) in [5, 5.41) is 4.31. The highest BCUT2D eigenvalue weighted by Crippen LogP contribution is 2.29. The molecule has 0 fully saturated rings. The molecule has 3 rings (SSSR count). The highest BCUT2D eigenvalue weighted by atomic mass is 16.1. The van der Waals surface area contributed by atoms with Crippen molar-refractivity contribution in [1.29, 1.82) is 0 Å². The van der Waals surface area contributed by atoms with Crippen LogP contribution in [0.4, 0.5) is 0 Å². The Bertz CT molecular complexity index is 959. The first-order valence-electron chi connectivity index (χ1n) is 8.57. The van der Waals surface area contributed by atoms with Gasteiger partial charge >= 0.3 is 0 Å². The van der Waals surface area contributed by atoms with E-state index in [1.165, 1.54) is 0 Å². The van der Waals surface area contributed by atoms with E-state index in [1.54, 1.807) is 7.05 Å². The molecule has 0 spiro atoms. The van der Waals surface area contributed by atoms with Crippen LogP contribution in [0.15, 0.2) is 59.4 Å². The molecule has 1 aromatic heterocycles. The fourth-order valence-corrected chi connectivity index (χ4v) is 3.31. The molecule has 2 aromatic carbocycles. The number of amides is 1. The average molecular weight is 334 g/mol. The van der Waals surface area contributed by atoms with Gasteiger partial charge in [0, 0.05) is 25.4 Å². The molecule has 25 heavy (non-hydrogen) atoms. The molecule has 0 saturated heterocycles. The maximum Gasteiger partial charge on any atom is 0.258 e. The van der Waals surface area contributed by atoms with Crippen LogP contribution < -0.4 is 10.9 Å². The van der Waals surface area contributed by atoms with Crippen LogP contribution >= 0.6 is 0 Å². The SMILES string of the molecule is CCn1c(-c2ccccc2)c(CCC(=O)NC)c2ccccc2c1=O. The smallest absolute Gasteiger partial charge is 0.258 e. The van der Waals surface area contributed by atoms with Crippen LogP contribution in [0.1, 0.15) is 18.9 Å². The van der Waals surface area contributed by atoms with Gasteiger partial charge in [0.1, 0.15) is 0 Å². The first kappa shape index (κ1) is 17.0. The monoisotopic (exact) mass is 334 g/mol. The molecular formula is C21H22N2O2. The van der Waals surface area contributed by atoms with E-state index in [4.69, 9.17) is 0 Å². The third-order valence-electron chi connectivity index (χ3n) is 4.53. The zero-order valence-corrected chi connectivity index (χ0v) is 14.6. The Hall–Kier alpha value is -2.88. The normalized spacial score (nSPS) is 10.8. The van der Waals surface area contributed by atoms with E-state index in [-0.39, 0.29) is 11.5 Å². The van der Waals surface area contributed by atoms with E-state index < -0.39 is 0 Å². The van der Waals surface area contributed by atoms with Crippen LogP contribution in [-0.4, -0.2) is 17.5 Å². The summed E-state index contributed by atoms with van der Waals surface area (Å²) in [4.78, 5) is 24.8. The number of nitrogens with one attached hydrogen (secondary N) is 1. The first-order valence-corrected chi connectivity index (χ1v) is 8.57. The summed E-state index contributed by atoms with van der Waals surface area (Å²) in [7, 11) is 1.64. The van der Waals surface area contributed by atoms with Crippen LogP contribution in [0.2, 0.25) is 0 Å². The average Bonchev–Trinajstić information content (AvgIpc) is 2.67. The van der Waals surface area contributed by atoms with Crippen molar-refractivity contribution in [3.05, 3.63) is 70.5 Å². The predicted octanol–water partition coefficient (Wildman–Crippen LogP) is 3.37. The number of hydrogen-bond donors (Lipinski definition) is 1. The van der Waals surface area contributed by atoms with Gasteiger partial charge in [0.05, 0.1) is 5.69 Å². The lowest BCUT2D eigenvalue weighted by molar-refractivity contribution is -0.120. The molecule has 0 aliphatic carbocycles. The molecule has 0 aliphatic rings. The van der Waals surface area contributed by atoms with Gasteiger partial charge in [-0.15, -0.1) is 0 Å². The van der Waals surface area contributed by atoms with Crippen molar-refractivity contribution in [3.8, 4) is 11.3 Å². The molecule has 4 nitrogen and oxygen atoms in total. The Morgan fingerprint density at radius 3 is 2.28 bits per heavy atom.